The lowest BCUT2D eigenvalue weighted by atomic mass is 9.99. The summed E-state index contributed by atoms with van der Waals surface area (Å²) in [5.74, 6) is -0.931. The second-order valence-electron chi connectivity index (χ2n) is 5.21. The molecule has 0 aromatic carbocycles. The monoisotopic (exact) mass is 240 g/mol. The van der Waals surface area contributed by atoms with Gasteiger partial charge in [0.05, 0.1) is 0 Å². The standard InChI is InChI=1S/C12H20N2O3/c1-12(11(16)17)6-2-8-14(12)10(15)5-7-13-9-3-4-9/h9,13H,2-8H2,1H3,(H,16,17). The van der Waals surface area contributed by atoms with Crippen molar-refractivity contribution >= 4 is 11.9 Å². The zero-order valence-corrected chi connectivity index (χ0v) is 10.2. The van der Waals surface area contributed by atoms with E-state index in [2.05, 4.69) is 5.32 Å². The molecular weight excluding hydrogens is 220 g/mol. The number of carbonyl (C=O) groups excluding carboxylic acids is 1. The minimum absolute atomic E-state index is 0.0412. The number of likely N-dealkylation sites (tertiary alicyclic amines) is 1. The first-order chi connectivity index (χ1) is 8.04. The van der Waals surface area contributed by atoms with Gasteiger partial charge in [0.15, 0.2) is 0 Å². The number of aliphatic carboxylic acids is 1. The topological polar surface area (TPSA) is 69.6 Å². The van der Waals surface area contributed by atoms with Gasteiger partial charge in [0.2, 0.25) is 5.91 Å². The minimum Gasteiger partial charge on any atom is -0.480 e. The highest BCUT2D eigenvalue weighted by molar-refractivity contribution is 5.87. The van der Waals surface area contributed by atoms with Crippen LogP contribution in [0.2, 0.25) is 0 Å². The van der Waals surface area contributed by atoms with E-state index in [0.29, 0.717) is 32.0 Å². The average molecular weight is 240 g/mol. The van der Waals surface area contributed by atoms with Crippen LogP contribution in [0.3, 0.4) is 0 Å². The molecule has 1 aliphatic heterocycles. The fourth-order valence-electron chi connectivity index (χ4n) is 2.39. The van der Waals surface area contributed by atoms with Gasteiger partial charge < -0.3 is 15.3 Å². The molecule has 2 rings (SSSR count). The van der Waals surface area contributed by atoms with E-state index >= 15 is 0 Å². The summed E-state index contributed by atoms with van der Waals surface area (Å²) in [5, 5.41) is 12.5. The molecule has 96 valence electrons. The summed E-state index contributed by atoms with van der Waals surface area (Å²) in [4.78, 5) is 24.7. The Labute approximate surface area is 101 Å². The maximum Gasteiger partial charge on any atom is 0.329 e. The van der Waals surface area contributed by atoms with Crippen LogP contribution in [0.25, 0.3) is 0 Å². The quantitative estimate of drug-likeness (QED) is 0.738. The van der Waals surface area contributed by atoms with Gasteiger partial charge in [-0.25, -0.2) is 4.79 Å². The van der Waals surface area contributed by atoms with Crippen LogP contribution in [-0.4, -0.2) is 46.6 Å². The maximum atomic E-state index is 12.0. The van der Waals surface area contributed by atoms with Gasteiger partial charge >= 0.3 is 5.97 Å². The minimum atomic E-state index is -0.989. The normalized spacial score (nSPS) is 28.4. The molecule has 1 saturated heterocycles. The zero-order valence-electron chi connectivity index (χ0n) is 10.2. The molecule has 2 fully saturated rings. The molecule has 1 unspecified atom stereocenters. The fourth-order valence-corrected chi connectivity index (χ4v) is 2.39. The van der Waals surface area contributed by atoms with E-state index in [-0.39, 0.29) is 5.91 Å². The third-order valence-corrected chi connectivity index (χ3v) is 3.75. The molecule has 1 atom stereocenters. The Hall–Kier alpha value is -1.10. The molecule has 1 heterocycles. The van der Waals surface area contributed by atoms with Crippen LogP contribution in [0.4, 0.5) is 0 Å². The molecule has 5 nitrogen and oxygen atoms in total. The van der Waals surface area contributed by atoms with Crippen molar-refractivity contribution in [2.75, 3.05) is 13.1 Å². The zero-order chi connectivity index (χ0) is 12.5. The number of nitrogens with zero attached hydrogens (tertiary/aromatic N) is 1. The molecule has 2 aliphatic rings. The predicted molar refractivity (Wildman–Crippen MR) is 62.6 cm³/mol. The van der Waals surface area contributed by atoms with E-state index < -0.39 is 11.5 Å². The first kappa shape index (κ1) is 12.4. The van der Waals surface area contributed by atoms with E-state index in [1.165, 1.54) is 17.7 Å². The van der Waals surface area contributed by atoms with Gasteiger partial charge in [-0.3, -0.25) is 4.79 Å². The van der Waals surface area contributed by atoms with Crippen molar-refractivity contribution in [1.82, 2.24) is 10.2 Å². The molecule has 0 aromatic heterocycles. The highest BCUT2D eigenvalue weighted by Gasteiger charge is 2.45. The van der Waals surface area contributed by atoms with Crippen molar-refractivity contribution in [1.29, 1.82) is 0 Å². The summed E-state index contributed by atoms with van der Waals surface area (Å²) in [6.45, 7) is 2.88. The van der Waals surface area contributed by atoms with Gasteiger partial charge in [0.25, 0.3) is 0 Å². The van der Waals surface area contributed by atoms with Crippen LogP contribution in [0.15, 0.2) is 0 Å². The number of carboxylic acid groups (broad SMARTS) is 1. The van der Waals surface area contributed by atoms with Crippen LogP contribution in [0.1, 0.15) is 39.0 Å². The van der Waals surface area contributed by atoms with Gasteiger partial charge in [0, 0.05) is 25.6 Å². The average Bonchev–Trinajstić information content (AvgIpc) is 3.00. The molecule has 0 spiro atoms. The molecule has 1 saturated carbocycles. The number of amides is 1. The third kappa shape index (κ3) is 2.60. The van der Waals surface area contributed by atoms with E-state index in [1.54, 1.807) is 6.92 Å². The summed E-state index contributed by atoms with van der Waals surface area (Å²) >= 11 is 0. The van der Waals surface area contributed by atoms with E-state index in [1.807, 2.05) is 0 Å². The van der Waals surface area contributed by atoms with Gasteiger partial charge in [-0.2, -0.15) is 0 Å². The first-order valence-corrected chi connectivity index (χ1v) is 6.31. The summed E-state index contributed by atoms with van der Waals surface area (Å²) in [7, 11) is 0. The number of nitrogens with one attached hydrogen (secondary N) is 1. The molecule has 1 amide bonds. The molecule has 0 radical (unpaired) electrons. The number of hydrogen-bond acceptors (Lipinski definition) is 3. The smallest absolute Gasteiger partial charge is 0.329 e. The Morgan fingerprint density at radius 2 is 2.18 bits per heavy atom. The summed E-state index contributed by atoms with van der Waals surface area (Å²) < 4.78 is 0. The molecular formula is C12H20N2O3. The lowest BCUT2D eigenvalue weighted by Crippen LogP contribution is -2.51. The van der Waals surface area contributed by atoms with Crippen LogP contribution < -0.4 is 5.32 Å². The van der Waals surface area contributed by atoms with Gasteiger partial charge in [0.1, 0.15) is 5.54 Å². The highest BCUT2D eigenvalue weighted by Crippen LogP contribution is 2.29. The van der Waals surface area contributed by atoms with Crippen LogP contribution in [0.5, 0.6) is 0 Å². The first-order valence-electron chi connectivity index (χ1n) is 6.31. The second-order valence-corrected chi connectivity index (χ2v) is 5.21. The number of carboxylic acids is 1. The van der Waals surface area contributed by atoms with Crippen molar-refractivity contribution in [3.8, 4) is 0 Å². The van der Waals surface area contributed by atoms with Crippen molar-refractivity contribution < 1.29 is 14.7 Å². The maximum absolute atomic E-state index is 12.0. The Kier molecular flexibility index (Phi) is 3.38. The number of hydrogen-bond donors (Lipinski definition) is 2. The summed E-state index contributed by atoms with van der Waals surface area (Å²) in [6.07, 6.45) is 4.14. The fraction of sp³-hybridized carbons (Fsp3) is 0.833. The molecule has 2 N–H and O–H groups in total. The second kappa shape index (κ2) is 4.64. The third-order valence-electron chi connectivity index (χ3n) is 3.75. The van der Waals surface area contributed by atoms with Crippen molar-refractivity contribution in [3.63, 3.8) is 0 Å². The van der Waals surface area contributed by atoms with Crippen molar-refractivity contribution in [3.05, 3.63) is 0 Å². The molecule has 0 aromatic rings. The molecule has 17 heavy (non-hydrogen) atoms. The lowest BCUT2D eigenvalue weighted by molar-refractivity contribution is -0.155. The van der Waals surface area contributed by atoms with Gasteiger partial charge in [-0.15, -0.1) is 0 Å². The Morgan fingerprint density at radius 3 is 2.76 bits per heavy atom. The Morgan fingerprint density at radius 1 is 1.47 bits per heavy atom. The van der Waals surface area contributed by atoms with Crippen LogP contribution >= 0.6 is 0 Å². The predicted octanol–water partition coefficient (Wildman–Crippen LogP) is 0.594. The van der Waals surface area contributed by atoms with Crippen molar-refractivity contribution in [2.24, 2.45) is 0 Å². The largest absolute Gasteiger partial charge is 0.480 e. The summed E-state index contributed by atoms with van der Waals surface area (Å²) in [5.41, 5.74) is -0.989. The van der Waals surface area contributed by atoms with Crippen LogP contribution in [0, 0.1) is 0 Å². The SMILES string of the molecule is CC1(C(=O)O)CCCN1C(=O)CCNC1CC1. The summed E-state index contributed by atoms with van der Waals surface area (Å²) in [6, 6.07) is 0.590. The van der Waals surface area contributed by atoms with E-state index in [0.717, 1.165) is 6.42 Å². The van der Waals surface area contributed by atoms with E-state index in [9.17, 15) is 14.7 Å². The van der Waals surface area contributed by atoms with Crippen LogP contribution in [-0.2, 0) is 9.59 Å². The number of carbonyl (C=O) groups is 2. The Bertz CT molecular complexity index is 328. The molecule has 0 bridgehead atoms. The van der Waals surface area contributed by atoms with Gasteiger partial charge in [-0.1, -0.05) is 0 Å². The van der Waals surface area contributed by atoms with Gasteiger partial charge in [-0.05, 0) is 32.6 Å². The molecule has 1 aliphatic carbocycles. The highest BCUT2D eigenvalue weighted by atomic mass is 16.4. The lowest BCUT2D eigenvalue weighted by Gasteiger charge is -2.31. The molecule has 5 heteroatoms. The van der Waals surface area contributed by atoms with Crippen molar-refractivity contribution in [2.45, 2.75) is 50.6 Å². The Balaban J connectivity index is 1.86. The number of rotatable bonds is 5. The van der Waals surface area contributed by atoms with E-state index in [4.69, 9.17) is 0 Å².